The van der Waals surface area contributed by atoms with Gasteiger partial charge >= 0.3 is 6.03 Å². The maximum absolute atomic E-state index is 12.2. The van der Waals surface area contributed by atoms with E-state index >= 15 is 0 Å². The molecule has 0 bridgehead atoms. The first-order chi connectivity index (χ1) is 10.6. The van der Waals surface area contributed by atoms with E-state index in [1.54, 1.807) is 6.07 Å². The Morgan fingerprint density at radius 2 is 1.73 bits per heavy atom. The maximum Gasteiger partial charge on any atom is 0.323 e. The van der Waals surface area contributed by atoms with Gasteiger partial charge in [-0.3, -0.25) is 0 Å². The molecule has 3 rings (SSSR count). The largest absolute Gasteiger partial charge is 0.323 e. The molecule has 0 aromatic heterocycles. The fraction of sp³-hybridized carbons (Fsp3) is 0.0556. The summed E-state index contributed by atoms with van der Waals surface area (Å²) < 4.78 is 0. The molecule has 0 heterocycles. The van der Waals surface area contributed by atoms with Gasteiger partial charge in [0, 0.05) is 16.1 Å². The highest BCUT2D eigenvalue weighted by molar-refractivity contribution is 6.31. The van der Waals surface area contributed by atoms with E-state index in [1.807, 2.05) is 61.5 Å². The molecular formula is C18H15ClN2O. The minimum absolute atomic E-state index is 0.295. The van der Waals surface area contributed by atoms with E-state index in [-0.39, 0.29) is 6.03 Å². The number of benzene rings is 3. The van der Waals surface area contributed by atoms with Crippen LogP contribution < -0.4 is 10.6 Å². The molecule has 0 saturated heterocycles. The van der Waals surface area contributed by atoms with Gasteiger partial charge in [-0.15, -0.1) is 0 Å². The molecule has 0 unspecified atom stereocenters. The van der Waals surface area contributed by atoms with E-state index < -0.39 is 0 Å². The fourth-order valence-corrected chi connectivity index (χ4v) is 2.47. The lowest BCUT2D eigenvalue weighted by atomic mass is 10.1. The van der Waals surface area contributed by atoms with E-state index in [1.165, 1.54) is 0 Å². The van der Waals surface area contributed by atoms with Gasteiger partial charge < -0.3 is 10.6 Å². The lowest BCUT2D eigenvalue weighted by Gasteiger charge is -2.10. The van der Waals surface area contributed by atoms with Gasteiger partial charge in [0.1, 0.15) is 0 Å². The van der Waals surface area contributed by atoms with Crippen molar-refractivity contribution in [3.8, 4) is 0 Å². The smallest absolute Gasteiger partial charge is 0.308 e. The van der Waals surface area contributed by atoms with Crippen molar-refractivity contribution in [3.05, 3.63) is 71.2 Å². The van der Waals surface area contributed by atoms with Crippen molar-refractivity contribution in [2.24, 2.45) is 0 Å². The Labute approximate surface area is 133 Å². The number of amides is 2. The molecule has 0 fully saturated rings. The highest BCUT2D eigenvalue weighted by atomic mass is 35.5. The number of urea groups is 1. The summed E-state index contributed by atoms with van der Waals surface area (Å²) in [7, 11) is 0. The number of nitrogens with one attached hydrogen (secondary N) is 2. The van der Waals surface area contributed by atoms with Crippen LogP contribution in [0.4, 0.5) is 16.2 Å². The van der Waals surface area contributed by atoms with Crippen LogP contribution >= 0.6 is 11.6 Å². The molecule has 0 saturated carbocycles. The standard InChI is InChI=1S/C18H15ClN2O/c1-12-9-10-14(11-16(12)19)20-18(22)21-17-8-4-6-13-5-2-3-7-15(13)17/h2-11H,1H3,(H2,20,21,22). The van der Waals surface area contributed by atoms with Crippen LogP contribution in [0.2, 0.25) is 5.02 Å². The first-order valence-electron chi connectivity index (χ1n) is 6.95. The quantitative estimate of drug-likeness (QED) is 0.649. The number of fused-ring (bicyclic) bond motifs is 1. The number of hydrogen-bond acceptors (Lipinski definition) is 1. The lowest BCUT2D eigenvalue weighted by Crippen LogP contribution is -2.19. The highest BCUT2D eigenvalue weighted by Gasteiger charge is 2.06. The summed E-state index contributed by atoms with van der Waals surface area (Å²) >= 11 is 6.06. The molecule has 0 aliphatic carbocycles. The van der Waals surface area contributed by atoms with Gasteiger partial charge in [-0.25, -0.2) is 4.79 Å². The summed E-state index contributed by atoms with van der Waals surface area (Å²) in [5, 5.41) is 8.37. The number of halogens is 1. The minimum atomic E-state index is -0.295. The molecule has 3 nitrogen and oxygen atoms in total. The average molecular weight is 311 g/mol. The maximum atomic E-state index is 12.2. The minimum Gasteiger partial charge on any atom is -0.308 e. The van der Waals surface area contributed by atoms with Crippen LogP contribution in [-0.4, -0.2) is 6.03 Å². The van der Waals surface area contributed by atoms with Crippen molar-refractivity contribution in [1.82, 2.24) is 0 Å². The van der Waals surface area contributed by atoms with Gasteiger partial charge in [0.2, 0.25) is 0 Å². The number of hydrogen-bond donors (Lipinski definition) is 2. The Morgan fingerprint density at radius 3 is 2.55 bits per heavy atom. The summed E-state index contributed by atoms with van der Waals surface area (Å²) in [4.78, 5) is 12.2. The van der Waals surface area contributed by atoms with E-state index in [4.69, 9.17) is 11.6 Å². The van der Waals surface area contributed by atoms with Gasteiger partial charge in [-0.1, -0.05) is 54.1 Å². The van der Waals surface area contributed by atoms with Crippen molar-refractivity contribution in [1.29, 1.82) is 0 Å². The van der Waals surface area contributed by atoms with Crippen molar-refractivity contribution < 1.29 is 4.79 Å². The zero-order chi connectivity index (χ0) is 15.5. The molecule has 4 heteroatoms. The summed E-state index contributed by atoms with van der Waals surface area (Å²) in [6, 6.07) is 18.9. The number of anilines is 2. The van der Waals surface area contributed by atoms with Crippen LogP contribution in [0.1, 0.15) is 5.56 Å². The van der Waals surface area contributed by atoms with Crippen LogP contribution in [0.5, 0.6) is 0 Å². The second kappa shape index (κ2) is 6.08. The molecule has 0 aliphatic heterocycles. The number of rotatable bonds is 2. The molecule has 0 atom stereocenters. The van der Waals surface area contributed by atoms with Gasteiger partial charge in [0.15, 0.2) is 0 Å². The Hall–Kier alpha value is -2.52. The molecular weight excluding hydrogens is 296 g/mol. The fourth-order valence-electron chi connectivity index (χ4n) is 2.29. The van der Waals surface area contributed by atoms with Crippen LogP contribution in [0, 0.1) is 6.92 Å². The van der Waals surface area contributed by atoms with Crippen molar-refractivity contribution in [2.75, 3.05) is 10.6 Å². The Balaban J connectivity index is 1.80. The summed E-state index contributed by atoms with van der Waals surface area (Å²) in [6.07, 6.45) is 0. The molecule has 2 amide bonds. The van der Waals surface area contributed by atoms with E-state index in [2.05, 4.69) is 10.6 Å². The van der Waals surface area contributed by atoms with Crippen LogP contribution in [0.3, 0.4) is 0 Å². The zero-order valence-corrected chi connectivity index (χ0v) is 12.8. The van der Waals surface area contributed by atoms with Crippen LogP contribution in [0.15, 0.2) is 60.7 Å². The van der Waals surface area contributed by atoms with Crippen molar-refractivity contribution >= 4 is 39.8 Å². The monoisotopic (exact) mass is 310 g/mol. The van der Waals surface area contributed by atoms with Gasteiger partial charge in [0.05, 0.1) is 5.69 Å². The summed E-state index contributed by atoms with van der Waals surface area (Å²) in [5.74, 6) is 0. The van der Waals surface area contributed by atoms with Crippen molar-refractivity contribution in [2.45, 2.75) is 6.92 Å². The van der Waals surface area contributed by atoms with Gasteiger partial charge in [-0.05, 0) is 36.1 Å². The molecule has 110 valence electrons. The molecule has 22 heavy (non-hydrogen) atoms. The Kier molecular flexibility index (Phi) is 3.98. The Morgan fingerprint density at radius 1 is 0.955 bits per heavy atom. The summed E-state index contributed by atoms with van der Waals surface area (Å²) in [6.45, 7) is 1.92. The van der Waals surface area contributed by atoms with E-state index in [9.17, 15) is 4.79 Å². The molecule has 0 spiro atoms. The predicted molar refractivity (Wildman–Crippen MR) is 92.8 cm³/mol. The van der Waals surface area contributed by atoms with Gasteiger partial charge in [0.25, 0.3) is 0 Å². The number of aryl methyl sites for hydroxylation is 1. The van der Waals surface area contributed by atoms with Crippen LogP contribution in [0.25, 0.3) is 10.8 Å². The molecule has 3 aromatic rings. The molecule has 2 N–H and O–H groups in total. The molecule has 3 aromatic carbocycles. The lowest BCUT2D eigenvalue weighted by molar-refractivity contribution is 0.262. The normalized spacial score (nSPS) is 10.5. The topological polar surface area (TPSA) is 41.1 Å². The third kappa shape index (κ3) is 3.05. The molecule has 0 radical (unpaired) electrons. The SMILES string of the molecule is Cc1ccc(NC(=O)Nc2cccc3ccccc23)cc1Cl. The van der Waals surface area contributed by atoms with E-state index in [0.29, 0.717) is 10.7 Å². The first kappa shape index (κ1) is 14.4. The van der Waals surface area contributed by atoms with Crippen LogP contribution in [-0.2, 0) is 0 Å². The molecule has 0 aliphatic rings. The van der Waals surface area contributed by atoms with E-state index in [0.717, 1.165) is 22.0 Å². The number of carbonyl (C=O) groups excluding carboxylic acids is 1. The third-order valence-corrected chi connectivity index (χ3v) is 3.87. The summed E-state index contributed by atoms with van der Waals surface area (Å²) in [5.41, 5.74) is 2.41. The third-order valence-electron chi connectivity index (χ3n) is 3.47. The second-order valence-corrected chi connectivity index (χ2v) is 5.48. The number of carbonyl (C=O) groups is 1. The average Bonchev–Trinajstić information content (AvgIpc) is 2.51. The zero-order valence-electron chi connectivity index (χ0n) is 12.1. The Bertz CT molecular complexity index is 840. The second-order valence-electron chi connectivity index (χ2n) is 5.07. The predicted octanol–water partition coefficient (Wildman–Crippen LogP) is 5.45. The van der Waals surface area contributed by atoms with Gasteiger partial charge in [-0.2, -0.15) is 0 Å². The first-order valence-corrected chi connectivity index (χ1v) is 7.33. The highest BCUT2D eigenvalue weighted by Crippen LogP contribution is 2.24. The van der Waals surface area contributed by atoms with Crippen molar-refractivity contribution in [3.63, 3.8) is 0 Å².